The van der Waals surface area contributed by atoms with Gasteiger partial charge < -0.3 is 14.7 Å². The van der Waals surface area contributed by atoms with Crippen molar-refractivity contribution in [1.82, 2.24) is 15.4 Å². The zero-order valence-electron chi connectivity index (χ0n) is 13.5. The maximum Gasteiger partial charge on any atom is 0.220 e. The van der Waals surface area contributed by atoms with Crippen LogP contribution in [-0.2, 0) is 11.2 Å². The molecule has 22 heavy (non-hydrogen) atoms. The van der Waals surface area contributed by atoms with Crippen LogP contribution in [0.4, 0.5) is 0 Å². The Hall–Kier alpha value is -1.66. The quantitative estimate of drug-likeness (QED) is 0.852. The zero-order chi connectivity index (χ0) is 16.1. The van der Waals surface area contributed by atoms with E-state index in [-0.39, 0.29) is 11.9 Å². The van der Waals surface area contributed by atoms with Crippen LogP contribution in [0.3, 0.4) is 0 Å². The average molecular weight is 321 g/mol. The third-order valence-electron chi connectivity index (χ3n) is 3.83. The minimum atomic E-state index is 0.0575. The van der Waals surface area contributed by atoms with Crippen LogP contribution in [0.2, 0.25) is 0 Å². The first-order valence-electron chi connectivity index (χ1n) is 7.36. The van der Waals surface area contributed by atoms with Crippen molar-refractivity contribution >= 4 is 17.2 Å². The minimum Gasteiger partial charge on any atom is -0.361 e. The monoisotopic (exact) mass is 321 g/mol. The summed E-state index contributed by atoms with van der Waals surface area (Å²) in [5, 5.41) is 11.1. The maximum atomic E-state index is 12.1. The predicted octanol–water partition coefficient (Wildman–Crippen LogP) is 2.70. The third kappa shape index (κ3) is 4.18. The molecule has 5 nitrogen and oxygen atoms in total. The molecule has 2 heterocycles. The Labute approximate surface area is 135 Å². The number of likely N-dealkylation sites (N-methyl/N-ethyl adjacent to an activating group) is 1. The highest BCUT2D eigenvalue weighted by atomic mass is 32.1. The van der Waals surface area contributed by atoms with Crippen molar-refractivity contribution < 1.29 is 9.32 Å². The minimum absolute atomic E-state index is 0.0575. The van der Waals surface area contributed by atoms with Crippen molar-refractivity contribution in [3.8, 4) is 0 Å². The van der Waals surface area contributed by atoms with Gasteiger partial charge in [0.15, 0.2) is 0 Å². The molecule has 6 heteroatoms. The van der Waals surface area contributed by atoms with Crippen LogP contribution in [0.25, 0.3) is 0 Å². The van der Waals surface area contributed by atoms with E-state index in [1.54, 1.807) is 11.3 Å². The summed E-state index contributed by atoms with van der Waals surface area (Å²) < 4.78 is 5.12. The number of amides is 1. The van der Waals surface area contributed by atoms with E-state index in [1.165, 1.54) is 5.56 Å². The van der Waals surface area contributed by atoms with Crippen LogP contribution in [0, 0.1) is 13.8 Å². The van der Waals surface area contributed by atoms with Gasteiger partial charge in [-0.2, -0.15) is 11.3 Å². The molecule has 0 radical (unpaired) electrons. The van der Waals surface area contributed by atoms with Gasteiger partial charge in [0.05, 0.1) is 11.7 Å². The molecule has 2 aromatic rings. The summed E-state index contributed by atoms with van der Waals surface area (Å²) in [6, 6.07) is 2.31. The highest BCUT2D eigenvalue weighted by Crippen LogP contribution is 2.20. The Balaban J connectivity index is 1.84. The average Bonchev–Trinajstić information content (AvgIpc) is 3.08. The van der Waals surface area contributed by atoms with Crippen molar-refractivity contribution in [3.63, 3.8) is 0 Å². The number of nitrogens with zero attached hydrogens (tertiary/aromatic N) is 2. The van der Waals surface area contributed by atoms with Crippen molar-refractivity contribution in [2.24, 2.45) is 0 Å². The number of aromatic nitrogens is 1. The highest BCUT2D eigenvalue weighted by molar-refractivity contribution is 7.07. The molecule has 1 atom stereocenters. The number of aryl methyl sites for hydroxylation is 2. The molecule has 0 aromatic carbocycles. The number of carbonyl (C=O) groups excluding carboxylic acids is 1. The Morgan fingerprint density at radius 3 is 2.77 bits per heavy atom. The molecule has 0 saturated carbocycles. The van der Waals surface area contributed by atoms with Crippen LogP contribution in [-0.4, -0.2) is 36.6 Å². The SMILES string of the molecule is Cc1noc(C)c1CCC(=O)NC[C@H](c1ccsc1)N(C)C. The van der Waals surface area contributed by atoms with Gasteiger partial charge in [0, 0.05) is 18.5 Å². The molecule has 0 fully saturated rings. The highest BCUT2D eigenvalue weighted by Gasteiger charge is 2.16. The normalized spacial score (nSPS) is 12.6. The number of thiophene rings is 1. The van der Waals surface area contributed by atoms with Gasteiger partial charge in [-0.25, -0.2) is 0 Å². The molecule has 0 aliphatic heterocycles. The van der Waals surface area contributed by atoms with E-state index >= 15 is 0 Å². The molecule has 0 aliphatic rings. The maximum absolute atomic E-state index is 12.1. The fourth-order valence-corrected chi connectivity index (χ4v) is 3.17. The van der Waals surface area contributed by atoms with Crippen molar-refractivity contribution in [1.29, 1.82) is 0 Å². The number of hydrogen-bond donors (Lipinski definition) is 1. The van der Waals surface area contributed by atoms with Gasteiger partial charge in [0.1, 0.15) is 5.76 Å². The van der Waals surface area contributed by atoms with E-state index in [9.17, 15) is 4.79 Å². The molecule has 2 rings (SSSR count). The smallest absolute Gasteiger partial charge is 0.220 e. The van der Waals surface area contributed by atoms with Crippen molar-refractivity contribution in [3.05, 3.63) is 39.4 Å². The van der Waals surface area contributed by atoms with Crippen LogP contribution in [0.1, 0.15) is 35.0 Å². The van der Waals surface area contributed by atoms with Crippen molar-refractivity contribution in [2.45, 2.75) is 32.7 Å². The van der Waals surface area contributed by atoms with E-state index in [0.29, 0.717) is 19.4 Å². The van der Waals surface area contributed by atoms with Gasteiger partial charge in [-0.3, -0.25) is 4.79 Å². The van der Waals surface area contributed by atoms with Gasteiger partial charge in [-0.05, 0) is 56.8 Å². The van der Waals surface area contributed by atoms with E-state index < -0.39 is 0 Å². The molecule has 1 amide bonds. The number of hydrogen-bond acceptors (Lipinski definition) is 5. The second-order valence-electron chi connectivity index (χ2n) is 5.64. The molecule has 1 N–H and O–H groups in total. The molecule has 0 spiro atoms. The molecule has 120 valence electrons. The lowest BCUT2D eigenvalue weighted by Gasteiger charge is -2.24. The van der Waals surface area contributed by atoms with Gasteiger partial charge in [0.2, 0.25) is 5.91 Å². The second-order valence-corrected chi connectivity index (χ2v) is 6.42. The van der Waals surface area contributed by atoms with Crippen LogP contribution < -0.4 is 5.32 Å². The van der Waals surface area contributed by atoms with Crippen LogP contribution in [0.5, 0.6) is 0 Å². The summed E-state index contributed by atoms with van der Waals surface area (Å²) in [7, 11) is 4.05. The first kappa shape index (κ1) is 16.7. The Bertz CT molecular complexity index is 585. The first-order chi connectivity index (χ1) is 10.5. The van der Waals surface area contributed by atoms with Crippen LogP contribution >= 0.6 is 11.3 Å². The second kappa shape index (κ2) is 7.56. The lowest BCUT2D eigenvalue weighted by molar-refractivity contribution is -0.121. The molecule has 0 saturated heterocycles. The molecular weight excluding hydrogens is 298 g/mol. The number of nitrogens with one attached hydrogen (secondary N) is 1. The first-order valence-corrected chi connectivity index (χ1v) is 8.30. The topological polar surface area (TPSA) is 58.4 Å². The number of carbonyl (C=O) groups is 1. The van der Waals surface area contributed by atoms with Gasteiger partial charge in [-0.15, -0.1) is 0 Å². The fourth-order valence-electron chi connectivity index (χ4n) is 2.46. The molecule has 0 bridgehead atoms. The summed E-state index contributed by atoms with van der Waals surface area (Å²) in [6.45, 7) is 4.40. The van der Waals surface area contributed by atoms with E-state index in [1.807, 2.05) is 27.9 Å². The standard InChI is InChI=1S/C16H23N3O2S/c1-11-14(12(2)21-18-11)5-6-16(20)17-9-15(19(3)4)13-7-8-22-10-13/h7-8,10,15H,5-6,9H2,1-4H3,(H,17,20)/t15-/m1/s1. The lowest BCUT2D eigenvalue weighted by Crippen LogP contribution is -2.34. The summed E-state index contributed by atoms with van der Waals surface area (Å²) in [4.78, 5) is 14.2. The van der Waals surface area contributed by atoms with Crippen molar-refractivity contribution in [2.75, 3.05) is 20.6 Å². The Morgan fingerprint density at radius 2 is 2.23 bits per heavy atom. The van der Waals surface area contributed by atoms with Gasteiger partial charge >= 0.3 is 0 Å². The summed E-state index contributed by atoms with van der Waals surface area (Å²) in [6.07, 6.45) is 1.12. The molecule has 0 aliphatic carbocycles. The third-order valence-corrected chi connectivity index (χ3v) is 4.53. The van der Waals surface area contributed by atoms with E-state index in [0.717, 1.165) is 17.0 Å². The van der Waals surface area contributed by atoms with E-state index in [4.69, 9.17) is 4.52 Å². The predicted molar refractivity (Wildman–Crippen MR) is 88.1 cm³/mol. The molecule has 2 aromatic heterocycles. The Morgan fingerprint density at radius 1 is 1.45 bits per heavy atom. The fraction of sp³-hybridized carbons (Fsp3) is 0.500. The summed E-state index contributed by atoms with van der Waals surface area (Å²) in [5.74, 6) is 0.858. The largest absolute Gasteiger partial charge is 0.361 e. The van der Waals surface area contributed by atoms with Gasteiger partial charge in [-0.1, -0.05) is 5.16 Å². The van der Waals surface area contributed by atoms with E-state index in [2.05, 4.69) is 32.2 Å². The zero-order valence-corrected chi connectivity index (χ0v) is 14.4. The molecule has 0 unspecified atom stereocenters. The van der Waals surface area contributed by atoms with Gasteiger partial charge in [0.25, 0.3) is 0 Å². The Kier molecular flexibility index (Phi) is 5.74. The van der Waals surface area contributed by atoms with Crippen LogP contribution in [0.15, 0.2) is 21.3 Å². The lowest BCUT2D eigenvalue weighted by atomic mass is 10.1. The number of rotatable bonds is 7. The molecular formula is C16H23N3O2S. The summed E-state index contributed by atoms with van der Waals surface area (Å²) in [5.41, 5.74) is 3.15. The summed E-state index contributed by atoms with van der Waals surface area (Å²) >= 11 is 1.67.